The predicted molar refractivity (Wildman–Crippen MR) is 49.8 cm³/mol. The highest BCUT2D eigenvalue weighted by atomic mass is 16.1. The first-order valence-electron chi connectivity index (χ1n) is 4.09. The molecule has 0 aliphatic carbocycles. The van der Waals surface area contributed by atoms with Gasteiger partial charge in [-0.3, -0.25) is 0 Å². The van der Waals surface area contributed by atoms with Gasteiger partial charge in [-0.15, -0.1) is 0 Å². The lowest BCUT2D eigenvalue weighted by molar-refractivity contribution is -0.114. The van der Waals surface area contributed by atoms with E-state index in [2.05, 4.69) is 33.0 Å². The van der Waals surface area contributed by atoms with Crippen molar-refractivity contribution < 1.29 is 4.79 Å². The van der Waals surface area contributed by atoms with Crippen LogP contribution in [0.1, 0.15) is 41.5 Å². The molecule has 0 atom stereocenters. The van der Waals surface area contributed by atoms with Gasteiger partial charge in [0.15, 0.2) is 0 Å². The van der Waals surface area contributed by atoms with Crippen LogP contribution in [0.3, 0.4) is 0 Å². The lowest BCUT2D eigenvalue weighted by Gasteiger charge is -2.10. The average molecular weight is 159 g/mol. The molecule has 0 spiro atoms. The molecular formula is C9H21NO. The van der Waals surface area contributed by atoms with E-state index in [4.69, 9.17) is 0 Å². The topological polar surface area (TPSA) is 29.1 Å². The summed E-state index contributed by atoms with van der Waals surface area (Å²) < 4.78 is 0. The molecule has 0 aromatic carbocycles. The lowest BCUT2D eigenvalue weighted by Crippen LogP contribution is -2.29. The maximum atomic E-state index is 9.44. The molecule has 0 bridgehead atoms. The zero-order valence-electron chi connectivity index (χ0n) is 8.56. The summed E-state index contributed by atoms with van der Waals surface area (Å²) in [5, 5.41) is 3.31. The Morgan fingerprint density at radius 1 is 1.00 bits per heavy atom. The minimum atomic E-state index is 0.167. The Hall–Kier alpha value is -0.370. The molecule has 2 nitrogen and oxygen atoms in total. The molecule has 0 rings (SSSR count). The fourth-order valence-electron chi connectivity index (χ4n) is 0.667. The van der Waals surface area contributed by atoms with Gasteiger partial charge in [0.05, 0.1) is 0 Å². The Balaban J connectivity index is 0. The van der Waals surface area contributed by atoms with Gasteiger partial charge in [-0.1, -0.05) is 27.7 Å². The van der Waals surface area contributed by atoms with Crippen molar-refractivity contribution in [3.63, 3.8) is 0 Å². The maximum Gasteiger partial charge on any atom is 0.126 e. The third-order valence-electron chi connectivity index (χ3n) is 0.667. The SMILES string of the molecule is CC(C)=O.CC(C)NC(C)C. The number of Topliss-reactive ketones (excluding diaryl/α,β-unsaturated/α-hetero) is 1. The first kappa shape index (κ1) is 13.2. The molecule has 0 aromatic heterocycles. The highest BCUT2D eigenvalue weighted by molar-refractivity contribution is 5.72. The van der Waals surface area contributed by atoms with Gasteiger partial charge in [0, 0.05) is 12.1 Å². The van der Waals surface area contributed by atoms with E-state index in [1.165, 1.54) is 13.8 Å². The van der Waals surface area contributed by atoms with E-state index in [1.54, 1.807) is 0 Å². The predicted octanol–water partition coefficient (Wildman–Crippen LogP) is 1.99. The van der Waals surface area contributed by atoms with Gasteiger partial charge in [0.2, 0.25) is 0 Å². The van der Waals surface area contributed by atoms with Gasteiger partial charge in [-0.25, -0.2) is 0 Å². The third kappa shape index (κ3) is 42.5. The van der Waals surface area contributed by atoms with Crippen LogP contribution in [0.15, 0.2) is 0 Å². The standard InChI is InChI=1S/C6H15N.C3H6O/c1-5(2)7-6(3)4;1-3(2)4/h5-7H,1-4H3;1-2H3. The molecule has 0 fully saturated rings. The van der Waals surface area contributed by atoms with Gasteiger partial charge in [0.1, 0.15) is 5.78 Å². The van der Waals surface area contributed by atoms with Crippen LogP contribution in [-0.4, -0.2) is 17.9 Å². The summed E-state index contributed by atoms with van der Waals surface area (Å²) in [4.78, 5) is 9.44. The van der Waals surface area contributed by atoms with E-state index in [0.29, 0.717) is 12.1 Å². The maximum absolute atomic E-state index is 9.44. The van der Waals surface area contributed by atoms with Crippen molar-refractivity contribution in [1.29, 1.82) is 0 Å². The fraction of sp³-hybridized carbons (Fsp3) is 0.889. The molecule has 0 heterocycles. The average Bonchev–Trinajstić information content (AvgIpc) is 1.56. The van der Waals surface area contributed by atoms with Crippen LogP contribution in [0.2, 0.25) is 0 Å². The summed E-state index contributed by atoms with van der Waals surface area (Å²) in [5.74, 6) is 0.167. The molecule has 0 saturated carbocycles. The first-order chi connectivity index (χ1) is 4.86. The van der Waals surface area contributed by atoms with Crippen LogP contribution in [0, 0.1) is 0 Å². The Labute approximate surface area is 70.4 Å². The van der Waals surface area contributed by atoms with Crippen molar-refractivity contribution >= 4 is 5.78 Å². The second-order valence-electron chi connectivity index (χ2n) is 3.38. The van der Waals surface area contributed by atoms with Crippen LogP contribution >= 0.6 is 0 Å². The summed E-state index contributed by atoms with van der Waals surface area (Å²) in [6.07, 6.45) is 0. The first-order valence-corrected chi connectivity index (χ1v) is 4.09. The summed E-state index contributed by atoms with van der Waals surface area (Å²) in [6.45, 7) is 11.7. The minimum Gasteiger partial charge on any atom is -0.312 e. The third-order valence-corrected chi connectivity index (χ3v) is 0.667. The Morgan fingerprint density at radius 2 is 1.18 bits per heavy atom. The van der Waals surface area contributed by atoms with Crippen molar-refractivity contribution in [3.8, 4) is 0 Å². The molecule has 0 unspecified atom stereocenters. The molecule has 0 aliphatic heterocycles. The second kappa shape index (κ2) is 7.73. The number of hydrogen-bond acceptors (Lipinski definition) is 2. The Morgan fingerprint density at radius 3 is 1.18 bits per heavy atom. The van der Waals surface area contributed by atoms with Crippen LogP contribution in [0.4, 0.5) is 0 Å². The summed E-state index contributed by atoms with van der Waals surface area (Å²) >= 11 is 0. The summed E-state index contributed by atoms with van der Waals surface area (Å²) in [6, 6.07) is 1.25. The molecule has 0 saturated heterocycles. The molecule has 0 radical (unpaired) electrons. The number of carbonyl (C=O) groups is 1. The van der Waals surface area contributed by atoms with E-state index in [9.17, 15) is 4.79 Å². The zero-order valence-corrected chi connectivity index (χ0v) is 8.56. The highest BCUT2D eigenvalue weighted by Gasteiger charge is 1.92. The summed E-state index contributed by atoms with van der Waals surface area (Å²) in [5.41, 5.74) is 0. The second-order valence-corrected chi connectivity index (χ2v) is 3.38. The number of nitrogens with one attached hydrogen (secondary N) is 1. The van der Waals surface area contributed by atoms with E-state index in [0.717, 1.165) is 0 Å². The van der Waals surface area contributed by atoms with Crippen LogP contribution in [0.5, 0.6) is 0 Å². The van der Waals surface area contributed by atoms with Gasteiger partial charge < -0.3 is 10.1 Å². The van der Waals surface area contributed by atoms with Crippen molar-refractivity contribution in [3.05, 3.63) is 0 Å². The van der Waals surface area contributed by atoms with E-state index in [1.807, 2.05) is 0 Å². The van der Waals surface area contributed by atoms with E-state index >= 15 is 0 Å². The quantitative estimate of drug-likeness (QED) is 0.667. The molecule has 11 heavy (non-hydrogen) atoms. The van der Waals surface area contributed by atoms with Gasteiger partial charge in [0.25, 0.3) is 0 Å². The van der Waals surface area contributed by atoms with Crippen molar-refractivity contribution in [1.82, 2.24) is 5.32 Å². The monoisotopic (exact) mass is 159 g/mol. The van der Waals surface area contributed by atoms with Crippen LogP contribution in [-0.2, 0) is 4.79 Å². The van der Waals surface area contributed by atoms with Crippen LogP contribution in [0.25, 0.3) is 0 Å². The number of carbonyl (C=O) groups excluding carboxylic acids is 1. The highest BCUT2D eigenvalue weighted by Crippen LogP contribution is 1.80. The smallest absolute Gasteiger partial charge is 0.126 e. The molecule has 0 amide bonds. The zero-order chi connectivity index (χ0) is 9.44. The van der Waals surface area contributed by atoms with E-state index in [-0.39, 0.29) is 5.78 Å². The van der Waals surface area contributed by atoms with Crippen LogP contribution < -0.4 is 5.32 Å². The lowest BCUT2D eigenvalue weighted by atomic mass is 10.3. The molecule has 68 valence electrons. The van der Waals surface area contributed by atoms with Gasteiger partial charge in [-0.2, -0.15) is 0 Å². The molecule has 1 N–H and O–H groups in total. The number of ketones is 1. The van der Waals surface area contributed by atoms with Crippen molar-refractivity contribution in [2.75, 3.05) is 0 Å². The van der Waals surface area contributed by atoms with Crippen molar-refractivity contribution in [2.24, 2.45) is 0 Å². The normalized spacial score (nSPS) is 9.45. The Bertz CT molecular complexity index is 87.7. The molecule has 0 aliphatic rings. The van der Waals surface area contributed by atoms with E-state index < -0.39 is 0 Å². The Kier molecular flexibility index (Phi) is 9.31. The summed E-state index contributed by atoms with van der Waals surface area (Å²) in [7, 11) is 0. The largest absolute Gasteiger partial charge is 0.312 e. The van der Waals surface area contributed by atoms with Gasteiger partial charge in [-0.05, 0) is 13.8 Å². The minimum absolute atomic E-state index is 0.167. The molecular weight excluding hydrogens is 138 g/mol. The van der Waals surface area contributed by atoms with Gasteiger partial charge >= 0.3 is 0 Å². The van der Waals surface area contributed by atoms with Crippen molar-refractivity contribution in [2.45, 2.75) is 53.6 Å². The molecule has 0 aromatic rings. The molecule has 2 heteroatoms. The fourth-order valence-corrected chi connectivity index (χ4v) is 0.667. The number of rotatable bonds is 2. The number of hydrogen-bond donors (Lipinski definition) is 1.